The van der Waals surface area contributed by atoms with E-state index < -0.39 is 30.0 Å². The lowest BCUT2D eigenvalue weighted by atomic mass is 9.97. The molecule has 0 fully saturated rings. The van der Waals surface area contributed by atoms with Gasteiger partial charge in [0.05, 0.1) is 17.8 Å². The number of ether oxygens (including phenoxy) is 2. The quantitative estimate of drug-likeness (QED) is 0.278. The molecule has 10 nitrogen and oxygen atoms in total. The maximum absolute atomic E-state index is 13.5. The van der Waals surface area contributed by atoms with Crippen molar-refractivity contribution in [1.82, 2.24) is 25.2 Å². The normalized spacial score (nSPS) is 14.4. The van der Waals surface area contributed by atoms with Crippen molar-refractivity contribution in [3.63, 3.8) is 0 Å². The largest absolute Gasteiger partial charge is 0.456 e. The smallest absolute Gasteiger partial charge is 0.387 e. The molecule has 2 heterocycles. The van der Waals surface area contributed by atoms with Crippen molar-refractivity contribution in [2.75, 3.05) is 0 Å². The Labute approximate surface area is 246 Å². The van der Waals surface area contributed by atoms with Gasteiger partial charge in [0.15, 0.2) is 5.65 Å². The van der Waals surface area contributed by atoms with E-state index in [2.05, 4.69) is 25.5 Å². The Kier molecular flexibility index (Phi) is 8.12. The van der Waals surface area contributed by atoms with Crippen LogP contribution in [0.2, 0.25) is 0 Å². The zero-order chi connectivity index (χ0) is 30.9. The highest BCUT2D eigenvalue weighted by Crippen LogP contribution is 2.35. The van der Waals surface area contributed by atoms with Crippen LogP contribution in [0, 0.1) is 6.92 Å². The molecule has 2 amide bonds. The summed E-state index contributed by atoms with van der Waals surface area (Å²) in [5, 5.41) is 9.93. The lowest BCUT2D eigenvalue weighted by Crippen LogP contribution is -2.30. The van der Waals surface area contributed by atoms with Gasteiger partial charge in [-0.3, -0.25) is 9.59 Å². The summed E-state index contributed by atoms with van der Waals surface area (Å²) in [6.07, 6.45) is 2.78. The molecule has 1 aliphatic carbocycles. The number of carbonyl (C=O) groups excluding carboxylic acids is 3. The second-order valence-electron chi connectivity index (χ2n) is 11.2. The second kappa shape index (κ2) is 11.8. The molecule has 43 heavy (non-hydrogen) atoms. The number of carbonyl (C=O) groups is 3. The number of hydrogen-bond donors (Lipinski definition) is 2. The topological polar surface area (TPSA) is 124 Å². The zero-order valence-corrected chi connectivity index (χ0v) is 24.1. The number of hydrogen-bond acceptors (Lipinski definition) is 7. The fourth-order valence-corrected chi connectivity index (χ4v) is 5.11. The van der Waals surface area contributed by atoms with Crippen LogP contribution in [0.15, 0.2) is 54.7 Å². The minimum absolute atomic E-state index is 0.0113. The van der Waals surface area contributed by atoms with Crippen molar-refractivity contribution in [1.29, 1.82) is 0 Å². The molecule has 0 saturated carbocycles. The summed E-state index contributed by atoms with van der Waals surface area (Å²) in [6, 6.07) is 12.2. The van der Waals surface area contributed by atoms with Gasteiger partial charge < -0.3 is 20.1 Å². The van der Waals surface area contributed by atoms with Crippen molar-refractivity contribution in [3.05, 3.63) is 93.9 Å². The van der Waals surface area contributed by atoms with E-state index in [0.717, 1.165) is 16.7 Å². The Morgan fingerprint density at radius 3 is 2.63 bits per heavy atom. The Morgan fingerprint density at radius 1 is 1.09 bits per heavy atom. The summed E-state index contributed by atoms with van der Waals surface area (Å²) in [5.41, 5.74) is 3.56. The average Bonchev–Trinajstić information content (AvgIpc) is 3.58. The Hall–Kier alpha value is -4.87. The van der Waals surface area contributed by atoms with E-state index in [0.29, 0.717) is 29.6 Å². The molecule has 12 heteroatoms. The molecular formula is C31H31F2N5O5. The maximum atomic E-state index is 13.5. The van der Waals surface area contributed by atoms with Crippen LogP contribution >= 0.6 is 0 Å². The molecule has 1 aliphatic rings. The van der Waals surface area contributed by atoms with Crippen LogP contribution in [-0.2, 0) is 17.7 Å². The van der Waals surface area contributed by atoms with Gasteiger partial charge in [0.25, 0.3) is 11.8 Å². The average molecular weight is 592 g/mol. The Balaban J connectivity index is 1.33. The molecule has 0 radical (unpaired) electrons. The van der Waals surface area contributed by atoms with E-state index >= 15 is 0 Å². The monoisotopic (exact) mass is 591 g/mol. The van der Waals surface area contributed by atoms with Crippen LogP contribution in [0.3, 0.4) is 0 Å². The van der Waals surface area contributed by atoms with Crippen molar-refractivity contribution in [2.45, 2.75) is 65.3 Å². The molecule has 0 unspecified atom stereocenters. The molecule has 0 spiro atoms. The van der Waals surface area contributed by atoms with Crippen molar-refractivity contribution >= 4 is 23.4 Å². The van der Waals surface area contributed by atoms with E-state index in [4.69, 9.17) is 4.74 Å². The third kappa shape index (κ3) is 6.63. The highest BCUT2D eigenvalue weighted by molar-refractivity contribution is 5.98. The van der Waals surface area contributed by atoms with Crippen LogP contribution in [0.5, 0.6) is 5.75 Å². The number of nitrogens with zero attached hydrogens (tertiary/aromatic N) is 3. The fourth-order valence-electron chi connectivity index (χ4n) is 5.11. The number of benzene rings is 2. The third-order valence-electron chi connectivity index (χ3n) is 7.02. The van der Waals surface area contributed by atoms with E-state index in [1.54, 1.807) is 24.3 Å². The number of nitrogens with one attached hydrogen (secondary N) is 2. The summed E-state index contributed by atoms with van der Waals surface area (Å²) in [5.74, 6) is -1.43. The maximum Gasteiger partial charge on any atom is 0.387 e. The van der Waals surface area contributed by atoms with Crippen molar-refractivity contribution in [2.24, 2.45) is 0 Å². The minimum Gasteiger partial charge on any atom is -0.456 e. The molecule has 224 valence electrons. The Morgan fingerprint density at radius 2 is 1.88 bits per heavy atom. The molecule has 0 bridgehead atoms. The van der Waals surface area contributed by atoms with Crippen LogP contribution < -0.4 is 15.4 Å². The zero-order valence-electron chi connectivity index (χ0n) is 24.1. The summed E-state index contributed by atoms with van der Waals surface area (Å²) < 4.78 is 36.4. The number of amides is 2. The summed E-state index contributed by atoms with van der Waals surface area (Å²) in [7, 11) is 0. The van der Waals surface area contributed by atoms with Gasteiger partial charge in [-0.2, -0.15) is 13.9 Å². The molecule has 2 N–H and O–H groups in total. The van der Waals surface area contributed by atoms with Crippen LogP contribution in [-0.4, -0.2) is 44.6 Å². The number of rotatable bonds is 8. The van der Waals surface area contributed by atoms with Crippen molar-refractivity contribution < 1.29 is 32.6 Å². The van der Waals surface area contributed by atoms with E-state index in [1.165, 1.54) is 28.9 Å². The second-order valence-corrected chi connectivity index (χ2v) is 11.2. The first-order valence-electron chi connectivity index (χ1n) is 13.7. The SMILES string of the molecule is Cc1c(C(=O)OC(C)(C)C)ccc2c1CC[C@@H]2NC(=O)c1cc(C(=O)NCc2cccc(OC(F)F)c2)nc2ccnn12. The molecular weight excluding hydrogens is 560 g/mol. The van der Waals surface area contributed by atoms with Gasteiger partial charge in [0, 0.05) is 18.7 Å². The number of aromatic nitrogens is 3. The van der Waals surface area contributed by atoms with Crippen molar-refractivity contribution in [3.8, 4) is 5.75 Å². The van der Waals surface area contributed by atoms with E-state index in [1.807, 2.05) is 33.8 Å². The number of halogens is 2. The summed E-state index contributed by atoms with van der Waals surface area (Å²) in [4.78, 5) is 43.6. The standard InChI is InChI=1S/C31H31F2N5O5/c1-17-20-10-11-23(22(20)9-8-21(17)29(41)43-31(2,3)4)37-28(40)25-15-24(36-26-12-13-35-38(25)26)27(39)34-16-18-6-5-7-19(14-18)42-30(32)33/h5-9,12-15,23,30H,10-11,16H2,1-4H3,(H,34,39)(H,37,40)/t23-/m0/s1. The van der Waals surface area contributed by atoms with E-state index in [9.17, 15) is 23.2 Å². The highest BCUT2D eigenvalue weighted by Gasteiger charge is 2.30. The van der Waals surface area contributed by atoms with Crippen LogP contribution in [0.1, 0.15) is 86.8 Å². The highest BCUT2D eigenvalue weighted by atomic mass is 19.3. The molecule has 0 aliphatic heterocycles. The van der Waals surface area contributed by atoms with Gasteiger partial charge in [-0.15, -0.1) is 0 Å². The number of fused-ring (bicyclic) bond motifs is 2. The lowest BCUT2D eigenvalue weighted by molar-refractivity contribution is -0.0499. The molecule has 0 saturated heterocycles. The van der Waals surface area contributed by atoms with Gasteiger partial charge in [0.2, 0.25) is 0 Å². The third-order valence-corrected chi connectivity index (χ3v) is 7.02. The summed E-state index contributed by atoms with van der Waals surface area (Å²) >= 11 is 0. The van der Waals surface area contributed by atoms with Crippen LogP contribution in [0.4, 0.5) is 8.78 Å². The lowest BCUT2D eigenvalue weighted by Gasteiger charge is -2.21. The first-order chi connectivity index (χ1) is 20.4. The molecule has 4 aromatic rings. The van der Waals surface area contributed by atoms with Gasteiger partial charge in [-0.05, 0) is 81.0 Å². The first kappa shape index (κ1) is 29.6. The number of alkyl halides is 2. The van der Waals surface area contributed by atoms with Gasteiger partial charge in [-0.25, -0.2) is 14.3 Å². The molecule has 5 rings (SSSR count). The van der Waals surface area contributed by atoms with Crippen LogP contribution in [0.25, 0.3) is 5.65 Å². The Bertz CT molecular complexity index is 1710. The number of esters is 1. The van der Waals surface area contributed by atoms with Gasteiger partial charge in [0.1, 0.15) is 22.7 Å². The fraction of sp³-hybridized carbons (Fsp3) is 0.323. The first-order valence-corrected chi connectivity index (χ1v) is 13.7. The molecule has 2 aromatic heterocycles. The molecule has 1 atom stereocenters. The predicted molar refractivity (Wildman–Crippen MR) is 152 cm³/mol. The van der Waals surface area contributed by atoms with Gasteiger partial charge in [-0.1, -0.05) is 18.2 Å². The van der Waals surface area contributed by atoms with E-state index in [-0.39, 0.29) is 29.7 Å². The predicted octanol–water partition coefficient (Wildman–Crippen LogP) is 4.94. The summed E-state index contributed by atoms with van der Waals surface area (Å²) in [6.45, 7) is 4.39. The van der Waals surface area contributed by atoms with Gasteiger partial charge >= 0.3 is 12.6 Å². The minimum atomic E-state index is -2.96. The molecule has 2 aromatic carbocycles.